The van der Waals surface area contributed by atoms with Crippen molar-refractivity contribution in [1.29, 1.82) is 0 Å². The normalized spacial score (nSPS) is 29.2. The smallest absolute Gasteiger partial charge is 0.251 e. The molecule has 4 aliphatic heterocycles. The van der Waals surface area contributed by atoms with E-state index < -0.39 is 35.5 Å². The number of benzene rings is 1. The Hall–Kier alpha value is -3.42. The van der Waals surface area contributed by atoms with Crippen molar-refractivity contribution in [2.24, 2.45) is 21.5 Å². The lowest BCUT2D eigenvalue weighted by Gasteiger charge is -2.49. The van der Waals surface area contributed by atoms with Gasteiger partial charge in [0, 0.05) is 31.7 Å². The Labute approximate surface area is 246 Å². The molecule has 8 N–H and O–H groups in total. The van der Waals surface area contributed by atoms with Gasteiger partial charge >= 0.3 is 0 Å². The van der Waals surface area contributed by atoms with E-state index in [1.165, 1.54) is 9.80 Å². The summed E-state index contributed by atoms with van der Waals surface area (Å²) in [6, 6.07) is 2.93. The third-order valence-electron chi connectivity index (χ3n) is 8.72. The van der Waals surface area contributed by atoms with Crippen molar-refractivity contribution in [2.75, 3.05) is 26.4 Å². The summed E-state index contributed by atoms with van der Waals surface area (Å²) >= 11 is 0. The minimum absolute atomic E-state index is 0.0193. The van der Waals surface area contributed by atoms with E-state index in [4.69, 9.17) is 16.2 Å². The van der Waals surface area contributed by atoms with E-state index in [9.17, 15) is 19.8 Å². The molecule has 1 spiro atoms. The van der Waals surface area contributed by atoms with Gasteiger partial charge in [0.1, 0.15) is 18.8 Å². The molecule has 4 heterocycles. The Balaban J connectivity index is 1.46. The quantitative estimate of drug-likeness (QED) is 0.257. The van der Waals surface area contributed by atoms with Crippen molar-refractivity contribution >= 4 is 23.7 Å². The van der Waals surface area contributed by atoms with Gasteiger partial charge in [0.2, 0.25) is 11.7 Å². The Morgan fingerprint density at radius 2 is 1.76 bits per heavy atom. The first-order valence-corrected chi connectivity index (χ1v) is 14.4. The average molecular weight is 585 g/mol. The van der Waals surface area contributed by atoms with E-state index in [1.807, 2.05) is 12.1 Å². The summed E-state index contributed by atoms with van der Waals surface area (Å²) in [6.45, 7) is 13.1. The average Bonchev–Trinajstić information content (AvgIpc) is 3.26. The number of nitrogens with zero attached hydrogens (tertiary/aromatic N) is 4. The van der Waals surface area contributed by atoms with E-state index in [-0.39, 0.29) is 48.5 Å². The summed E-state index contributed by atoms with van der Waals surface area (Å²) in [7, 11) is 0. The Bertz CT molecular complexity index is 1300. The molecule has 1 aromatic carbocycles. The summed E-state index contributed by atoms with van der Waals surface area (Å²) in [5, 5.41) is 29.4. The molecule has 13 nitrogen and oxygen atoms in total. The molecule has 0 aliphatic carbocycles. The maximum atomic E-state index is 13.7. The van der Waals surface area contributed by atoms with Gasteiger partial charge in [0.05, 0.1) is 6.04 Å². The molecule has 3 unspecified atom stereocenters. The second kappa shape index (κ2) is 10.1. The van der Waals surface area contributed by atoms with Gasteiger partial charge in [0.15, 0.2) is 17.6 Å². The monoisotopic (exact) mass is 584 g/mol. The number of guanidine groups is 2. The number of hydrogen-bond donors (Lipinski definition) is 6. The maximum Gasteiger partial charge on any atom is 0.251 e. The van der Waals surface area contributed by atoms with Crippen LogP contribution in [0, 0.1) is 0 Å². The minimum Gasteiger partial charge on any atom is -0.370 e. The lowest BCUT2D eigenvalue weighted by atomic mass is 9.79. The molecule has 0 aromatic heterocycles. The number of carbonyl (C=O) groups is 2. The summed E-state index contributed by atoms with van der Waals surface area (Å²) in [4.78, 5) is 38.5. The van der Waals surface area contributed by atoms with Gasteiger partial charge in [-0.25, -0.2) is 9.98 Å². The highest BCUT2D eigenvalue weighted by Gasteiger charge is 2.73. The number of hydrogen-bond acceptors (Lipinski definition) is 11. The molecule has 13 heteroatoms. The van der Waals surface area contributed by atoms with Gasteiger partial charge in [-0.3, -0.25) is 9.59 Å². The third-order valence-corrected chi connectivity index (χ3v) is 8.72. The molecule has 0 radical (unpaired) electrons. The van der Waals surface area contributed by atoms with Crippen molar-refractivity contribution in [3.63, 3.8) is 0 Å². The lowest BCUT2D eigenvalue weighted by Crippen LogP contribution is -2.78. The number of rotatable bonds is 4. The molecule has 0 bridgehead atoms. The highest BCUT2D eigenvalue weighted by atomic mass is 16.5. The molecular formula is C29H44N8O5. The van der Waals surface area contributed by atoms with Gasteiger partial charge < -0.3 is 46.9 Å². The van der Waals surface area contributed by atoms with Gasteiger partial charge in [-0.05, 0) is 40.5 Å². The number of ether oxygens (including phenoxy) is 1. The molecule has 1 aromatic rings. The molecule has 2 saturated heterocycles. The first kappa shape index (κ1) is 30.1. The molecule has 0 saturated carbocycles. The van der Waals surface area contributed by atoms with Crippen LogP contribution in [0.25, 0.3) is 0 Å². The zero-order valence-corrected chi connectivity index (χ0v) is 25.3. The second-order valence-electron chi connectivity index (χ2n) is 13.8. The van der Waals surface area contributed by atoms with Crippen LogP contribution in [-0.4, -0.2) is 99.7 Å². The Morgan fingerprint density at radius 1 is 1.12 bits per heavy atom. The van der Waals surface area contributed by atoms with Gasteiger partial charge in [0.25, 0.3) is 5.91 Å². The van der Waals surface area contributed by atoms with E-state index in [2.05, 4.69) is 68.2 Å². The number of amides is 2. The van der Waals surface area contributed by atoms with Crippen LogP contribution in [0.2, 0.25) is 0 Å². The number of nitrogens with one attached hydrogen (secondary N) is 2. The fourth-order valence-corrected chi connectivity index (χ4v) is 6.21. The van der Waals surface area contributed by atoms with Crippen molar-refractivity contribution < 1.29 is 24.5 Å². The second-order valence-corrected chi connectivity index (χ2v) is 13.8. The van der Waals surface area contributed by atoms with E-state index in [0.717, 1.165) is 11.1 Å². The summed E-state index contributed by atoms with van der Waals surface area (Å²) in [5.74, 6) is -3.13. The van der Waals surface area contributed by atoms with Crippen LogP contribution < -0.4 is 22.1 Å². The molecule has 4 aliphatic rings. The molecule has 5 rings (SSSR count). The van der Waals surface area contributed by atoms with Crippen LogP contribution in [0.5, 0.6) is 0 Å². The molecule has 4 atom stereocenters. The highest BCUT2D eigenvalue weighted by molar-refractivity contribution is 5.95. The molecule has 42 heavy (non-hydrogen) atoms. The predicted molar refractivity (Wildman–Crippen MR) is 157 cm³/mol. The van der Waals surface area contributed by atoms with Crippen molar-refractivity contribution in [3.8, 4) is 0 Å². The molecule has 2 fully saturated rings. The molecule has 2 amide bonds. The first-order valence-electron chi connectivity index (χ1n) is 14.4. The van der Waals surface area contributed by atoms with Crippen LogP contribution in [0.3, 0.4) is 0 Å². The fraction of sp³-hybridized carbons (Fsp3) is 0.655. The highest BCUT2D eigenvalue weighted by Crippen LogP contribution is 2.45. The Morgan fingerprint density at radius 3 is 2.38 bits per heavy atom. The summed E-state index contributed by atoms with van der Waals surface area (Å²) in [6.07, 6.45) is 0.954. The predicted octanol–water partition coefficient (Wildman–Crippen LogP) is -0.347. The van der Waals surface area contributed by atoms with Gasteiger partial charge in [-0.2, -0.15) is 0 Å². The van der Waals surface area contributed by atoms with Crippen LogP contribution in [0.4, 0.5) is 0 Å². The van der Waals surface area contributed by atoms with Gasteiger partial charge in [-0.15, -0.1) is 0 Å². The van der Waals surface area contributed by atoms with Crippen molar-refractivity contribution in [1.82, 2.24) is 20.4 Å². The van der Waals surface area contributed by atoms with E-state index in [1.54, 1.807) is 0 Å². The minimum atomic E-state index is -2.58. The number of nitrogens with two attached hydrogens (primary N) is 2. The van der Waals surface area contributed by atoms with Crippen LogP contribution in [0.15, 0.2) is 28.2 Å². The summed E-state index contributed by atoms with van der Waals surface area (Å²) < 4.78 is 5.56. The number of aliphatic imine (C=N–C) groups is 2. The topological polar surface area (TPSA) is 191 Å². The first-order chi connectivity index (χ1) is 19.4. The number of aliphatic hydroxyl groups is 2. The SMILES string of the molecule is CC(C)(C)c1cc(C(=O)N[C@H]2CN3C(N)=NC(CN4COCCCC4=O)C4N=C(N)NC43C2(O)O)cc(C(C)(C)C)c1. The van der Waals surface area contributed by atoms with Crippen LogP contribution in [0.1, 0.15) is 75.9 Å². The zero-order valence-electron chi connectivity index (χ0n) is 25.3. The van der Waals surface area contributed by atoms with E-state index >= 15 is 0 Å². The van der Waals surface area contributed by atoms with Crippen LogP contribution >= 0.6 is 0 Å². The fourth-order valence-electron chi connectivity index (χ4n) is 6.21. The molecular weight excluding hydrogens is 540 g/mol. The maximum absolute atomic E-state index is 13.7. The van der Waals surface area contributed by atoms with Crippen LogP contribution in [-0.2, 0) is 20.4 Å². The van der Waals surface area contributed by atoms with E-state index in [0.29, 0.717) is 25.0 Å². The number of carbonyl (C=O) groups excluding carboxylic acids is 2. The third kappa shape index (κ3) is 4.96. The van der Waals surface area contributed by atoms with Crippen molar-refractivity contribution in [3.05, 3.63) is 34.9 Å². The van der Waals surface area contributed by atoms with Gasteiger partial charge in [-0.1, -0.05) is 47.6 Å². The summed E-state index contributed by atoms with van der Waals surface area (Å²) in [5.41, 5.74) is 12.8. The Kier molecular flexibility index (Phi) is 7.22. The molecule has 230 valence electrons. The zero-order chi connectivity index (χ0) is 30.8. The largest absolute Gasteiger partial charge is 0.370 e. The lowest BCUT2D eigenvalue weighted by molar-refractivity contribution is -0.230. The van der Waals surface area contributed by atoms with Crippen molar-refractivity contribution in [2.45, 2.75) is 94.8 Å². The standard InChI is InChI=1S/C29H44N8O5/c1-26(2,3)17-10-16(11-18(12-17)27(4,5)6)23(39)33-20-14-37-25(31)32-19(13-36-15-42-9-7-8-21(36)38)22-28(37,29(20,40)41)35-24(30)34-22/h10-12,19-20,22,40-41H,7-9,13-15H2,1-6H3,(H2,31,32)(H,33,39)(H3,30,34,35)/t19?,20-,22?,28?/m0/s1.